The van der Waals surface area contributed by atoms with E-state index < -0.39 is 0 Å². The van der Waals surface area contributed by atoms with E-state index in [-0.39, 0.29) is 5.54 Å². The molecule has 0 radical (unpaired) electrons. The molecule has 1 aliphatic carbocycles. The van der Waals surface area contributed by atoms with Crippen LogP contribution >= 0.6 is 0 Å². The molecule has 0 unspecified atom stereocenters. The first-order valence-corrected chi connectivity index (χ1v) is 7.08. The van der Waals surface area contributed by atoms with E-state index in [0.29, 0.717) is 5.41 Å². The van der Waals surface area contributed by atoms with Crippen LogP contribution in [0.5, 0.6) is 0 Å². The molecular weight excluding hydrogens is 194 g/mol. The van der Waals surface area contributed by atoms with E-state index in [9.17, 15) is 0 Å². The van der Waals surface area contributed by atoms with Crippen molar-refractivity contribution in [3.05, 3.63) is 0 Å². The van der Waals surface area contributed by atoms with Gasteiger partial charge in [0.15, 0.2) is 0 Å². The number of rotatable bonds is 4. The smallest absolute Gasteiger partial charge is 0.00967 e. The Morgan fingerprint density at radius 1 is 1.06 bits per heavy atom. The highest BCUT2D eigenvalue weighted by Gasteiger charge is 2.33. The van der Waals surface area contributed by atoms with Gasteiger partial charge >= 0.3 is 0 Å². The highest BCUT2D eigenvalue weighted by Crippen LogP contribution is 2.41. The van der Waals surface area contributed by atoms with Crippen molar-refractivity contribution < 1.29 is 0 Å². The highest BCUT2D eigenvalue weighted by atomic mass is 15.0. The van der Waals surface area contributed by atoms with E-state index in [1.165, 1.54) is 45.1 Å². The third kappa shape index (κ3) is 4.86. The Labute approximate surface area is 102 Å². The van der Waals surface area contributed by atoms with Gasteiger partial charge in [-0.1, -0.05) is 33.1 Å². The Kier molecular flexibility index (Phi) is 4.85. The molecule has 0 saturated heterocycles. The maximum Gasteiger partial charge on any atom is 0.00967 e. The van der Waals surface area contributed by atoms with Crippen LogP contribution in [0.3, 0.4) is 0 Å². The minimum atomic E-state index is 0.265. The Bertz CT molecular complexity index is 194. The molecule has 0 aromatic rings. The van der Waals surface area contributed by atoms with Gasteiger partial charge in [0.1, 0.15) is 0 Å². The van der Waals surface area contributed by atoms with E-state index >= 15 is 0 Å². The molecule has 1 aliphatic rings. The minimum Gasteiger partial charge on any atom is -0.312 e. The molecule has 0 atom stereocenters. The first-order valence-electron chi connectivity index (χ1n) is 7.08. The molecule has 1 saturated carbocycles. The van der Waals surface area contributed by atoms with Gasteiger partial charge in [-0.2, -0.15) is 0 Å². The molecule has 1 nitrogen and oxygen atoms in total. The molecule has 0 aliphatic heterocycles. The molecular formula is C15H31N. The van der Waals surface area contributed by atoms with Crippen molar-refractivity contribution >= 4 is 0 Å². The van der Waals surface area contributed by atoms with Crippen molar-refractivity contribution in [3.8, 4) is 0 Å². The summed E-state index contributed by atoms with van der Waals surface area (Å²) in [6.45, 7) is 12.8. The fourth-order valence-electron chi connectivity index (χ4n) is 3.07. The topological polar surface area (TPSA) is 12.0 Å². The number of hydrogen-bond acceptors (Lipinski definition) is 1. The molecule has 0 bridgehead atoms. The highest BCUT2D eigenvalue weighted by molar-refractivity contribution is 4.88. The van der Waals surface area contributed by atoms with E-state index in [4.69, 9.17) is 0 Å². The van der Waals surface area contributed by atoms with Gasteiger partial charge in [0.05, 0.1) is 0 Å². The molecule has 0 aromatic carbocycles. The zero-order valence-corrected chi connectivity index (χ0v) is 12.0. The molecule has 0 aromatic heterocycles. The van der Waals surface area contributed by atoms with Crippen LogP contribution in [0.4, 0.5) is 0 Å². The molecule has 1 fully saturated rings. The summed E-state index contributed by atoms with van der Waals surface area (Å²) in [6.07, 6.45) is 8.62. The largest absolute Gasteiger partial charge is 0.312 e. The molecule has 1 rings (SSSR count). The molecule has 1 heteroatoms. The fraction of sp³-hybridized carbons (Fsp3) is 1.00. The average molecular weight is 225 g/mol. The lowest BCUT2D eigenvalue weighted by molar-refractivity contribution is 0.134. The van der Waals surface area contributed by atoms with Crippen LogP contribution < -0.4 is 5.32 Å². The second kappa shape index (κ2) is 5.53. The van der Waals surface area contributed by atoms with Gasteiger partial charge in [-0.3, -0.25) is 0 Å². The quantitative estimate of drug-likeness (QED) is 0.749. The van der Waals surface area contributed by atoms with Crippen LogP contribution in [0.25, 0.3) is 0 Å². The van der Waals surface area contributed by atoms with Crippen molar-refractivity contribution in [3.63, 3.8) is 0 Å². The predicted molar refractivity (Wildman–Crippen MR) is 72.7 cm³/mol. The number of nitrogens with one attached hydrogen (secondary N) is 1. The summed E-state index contributed by atoms with van der Waals surface area (Å²) >= 11 is 0. The zero-order valence-electron chi connectivity index (χ0n) is 12.0. The van der Waals surface area contributed by atoms with Gasteiger partial charge in [0.2, 0.25) is 0 Å². The summed E-state index contributed by atoms with van der Waals surface area (Å²) in [5.41, 5.74) is 0.862. The lowest BCUT2D eigenvalue weighted by Gasteiger charge is -2.41. The summed E-state index contributed by atoms with van der Waals surface area (Å²) in [7, 11) is 0. The van der Waals surface area contributed by atoms with Crippen LogP contribution in [0.2, 0.25) is 0 Å². The van der Waals surface area contributed by atoms with E-state index in [2.05, 4.69) is 39.9 Å². The summed E-state index contributed by atoms with van der Waals surface area (Å²) < 4.78 is 0. The van der Waals surface area contributed by atoms with E-state index in [1.54, 1.807) is 0 Å². The third-order valence-corrected chi connectivity index (χ3v) is 3.75. The second-order valence-electron chi connectivity index (χ2n) is 7.26. The summed E-state index contributed by atoms with van der Waals surface area (Å²) in [5, 5.41) is 3.74. The summed E-state index contributed by atoms with van der Waals surface area (Å²) in [4.78, 5) is 0. The van der Waals surface area contributed by atoms with E-state index in [1.807, 2.05) is 0 Å². The average Bonchev–Trinajstić information content (AvgIpc) is 2.14. The standard InChI is InChI=1S/C15H31N/c1-13(2)11-15(9-7-6-8-10-15)12-16-14(3,4)5/h13,16H,6-12H2,1-5H3. The predicted octanol–water partition coefficient (Wildman–Crippen LogP) is 4.37. The van der Waals surface area contributed by atoms with Crippen molar-refractivity contribution in [2.24, 2.45) is 11.3 Å². The lowest BCUT2D eigenvalue weighted by atomic mass is 9.69. The summed E-state index contributed by atoms with van der Waals surface area (Å²) in [6, 6.07) is 0. The van der Waals surface area contributed by atoms with Crippen molar-refractivity contribution in [1.29, 1.82) is 0 Å². The van der Waals surface area contributed by atoms with Crippen LogP contribution in [0.1, 0.15) is 73.1 Å². The molecule has 16 heavy (non-hydrogen) atoms. The molecule has 0 amide bonds. The molecule has 1 N–H and O–H groups in total. The fourth-order valence-corrected chi connectivity index (χ4v) is 3.07. The SMILES string of the molecule is CC(C)CC1(CNC(C)(C)C)CCCCC1. The lowest BCUT2D eigenvalue weighted by Crippen LogP contribution is -2.45. The van der Waals surface area contributed by atoms with E-state index in [0.717, 1.165) is 5.92 Å². The Morgan fingerprint density at radius 2 is 1.62 bits per heavy atom. The van der Waals surface area contributed by atoms with Crippen LogP contribution in [-0.4, -0.2) is 12.1 Å². The maximum absolute atomic E-state index is 3.74. The summed E-state index contributed by atoms with van der Waals surface area (Å²) in [5.74, 6) is 0.833. The Balaban J connectivity index is 2.55. The maximum atomic E-state index is 3.74. The first kappa shape index (κ1) is 14.0. The molecule has 0 spiro atoms. The van der Waals surface area contributed by atoms with Crippen molar-refractivity contribution in [1.82, 2.24) is 5.32 Å². The first-order chi connectivity index (χ1) is 7.33. The van der Waals surface area contributed by atoms with Gasteiger partial charge in [0, 0.05) is 12.1 Å². The van der Waals surface area contributed by atoms with Crippen molar-refractivity contribution in [2.45, 2.75) is 78.7 Å². The minimum absolute atomic E-state index is 0.265. The van der Waals surface area contributed by atoms with Crippen molar-refractivity contribution in [2.75, 3.05) is 6.54 Å². The normalized spacial score (nSPS) is 21.4. The molecule has 96 valence electrons. The van der Waals surface area contributed by atoms with Gasteiger partial charge < -0.3 is 5.32 Å². The van der Waals surface area contributed by atoms with Crippen LogP contribution in [0, 0.1) is 11.3 Å². The monoisotopic (exact) mass is 225 g/mol. The van der Waals surface area contributed by atoms with Gasteiger partial charge in [-0.25, -0.2) is 0 Å². The Hall–Kier alpha value is -0.0400. The zero-order chi connectivity index (χ0) is 12.2. The van der Waals surface area contributed by atoms with Gasteiger partial charge in [-0.05, 0) is 51.4 Å². The Morgan fingerprint density at radius 3 is 2.06 bits per heavy atom. The molecule has 0 heterocycles. The third-order valence-electron chi connectivity index (χ3n) is 3.75. The van der Waals surface area contributed by atoms with Gasteiger partial charge in [0.25, 0.3) is 0 Å². The number of hydrogen-bond donors (Lipinski definition) is 1. The van der Waals surface area contributed by atoms with Crippen LogP contribution in [-0.2, 0) is 0 Å². The van der Waals surface area contributed by atoms with Crippen LogP contribution in [0.15, 0.2) is 0 Å². The second-order valence-corrected chi connectivity index (χ2v) is 7.26. The van der Waals surface area contributed by atoms with Gasteiger partial charge in [-0.15, -0.1) is 0 Å².